The number of hydrogen-bond acceptors (Lipinski definition) is 5. The average Bonchev–Trinajstić information content (AvgIpc) is 3.14. The van der Waals surface area contributed by atoms with Crippen LogP contribution in [0.5, 0.6) is 0 Å². The molecule has 28 heavy (non-hydrogen) atoms. The number of carbonyl (C=O) groups is 2. The van der Waals surface area contributed by atoms with E-state index in [-0.39, 0.29) is 29.7 Å². The molecule has 8 heteroatoms. The predicted octanol–water partition coefficient (Wildman–Crippen LogP) is 3.29. The van der Waals surface area contributed by atoms with Crippen LogP contribution in [0, 0.1) is 10.1 Å². The van der Waals surface area contributed by atoms with Gasteiger partial charge >= 0.3 is 0 Å². The summed E-state index contributed by atoms with van der Waals surface area (Å²) < 4.78 is 5.79. The number of nitro groups is 1. The van der Waals surface area contributed by atoms with E-state index < -0.39 is 10.8 Å². The minimum atomic E-state index is -0.579. The molecule has 0 aliphatic heterocycles. The van der Waals surface area contributed by atoms with Gasteiger partial charge in [-0.1, -0.05) is 24.3 Å². The number of amides is 2. The van der Waals surface area contributed by atoms with Gasteiger partial charge in [-0.25, -0.2) is 0 Å². The van der Waals surface area contributed by atoms with Gasteiger partial charge in [0.05, 0.1) is 17.5 Å². The van der Waals surface area contributed by atoms with Gasteiger partial charge in [0.25, 0.3) is 11.6 Å². The summed E-state index contributed by atoms with van der Waals surface area (Å²) in [6.45, 7) is 1.60. The van der Waals surface area contributed by atoms with Gasteiger partial charge in [-0.3, -0.25) is 19.7 Å². The van der Waals surface area contributed by atoms with Crippen LogP contribution in [-0.4, -0.2) is 35.2 Å². The number of hydrogen-bond donors (Lipinski definition) is 1. The Morgan fingerprint density at radius 3 is 2.64 bits per heavy atom. The first-order valence-electron chi connectivity index (χ1n) is 8.63. The summed E-state index contributed by atoms with van der Waals surface area (Å²) in [6.07, 6.45) is 0. The van der Waals surface area contributed by atoms with Crippen LogP contribution in [0.25, 0.3) is 11.0 Å². The number of likely N-dealkylation sites (N-methyl/N-ethyl adjacent to an activating group) is 1. The van der Waals surface area contributed by atoms with Crippen LogP contribution in [0.1, 0.15) is 29.1 Å². The van der Waals surface area contributed by atoms with Crippen LogP contribution in [0.15, 0.2) is 59.0 Å². The minimum absolute atomic E-state index is 0.120. The van der Waals surface area contributed by atoms with Gasteiger partial charge in [-0.05, 0) is 25.1 Å². The summed E-state index contributed by atoms with van der Waals surface area (Å²) in [4.78, 5) is 36.3. The number of rotatable bonds is 6. The lowest BCUT2D eigenvalue weighted by Crippen LogP contribution is -2.39. The summed E-state index contributed by atoms with van der Waals surface area (Å²) in [5.74, 6) is -0.226. The molecular formula is C20H19N3O5. The molecule has 0 aliphatic carbocycles. The molecule has 0 saturated heterocycles. The van der Waals surface area contributed by atoms with E-state index in [9.17, 15) is 19.7 Å². The molecule has 2 amide bonds. The van der Waals surface area contributed by atoms with Crippen LogP contribution in [-0.2, 0) is 4.79 Å². The van der Waals surface area contributed by atoms with Crippen molar-refractivity contribution in [3.05, 3.63) is 76.0 Å². The number of benzene rings is 2. The van der Waals surface area contributed by atoms with Gasteiger partial charge < -0.3 is 14.6 Å². The normalized spacial score (nSPS) is 11.8. The molecule has 1 aromatic heterocycles. The first-order chi connectivity index (χ1) is 13.4. The van der Waals surface area contributed by atoms with Crippen molar-refractivity contribution in [1.29, 1.82) is 0 Å². The molecule has 3 aromatic rings. The second kappa shape index (κ2) is 7.91. The van der Waals surface area contributed by atoms with E-state index in [2.05, 4.69) is 5.32 Å². The molecule has 0 bridgehead atoms. The van der Waals surface area contributed by atoms with Crippen molar-refractivity contribution in [1.82, 2.24) is 10.2 Å². The molecule has 144 valence electrons. The minimum Gasteiger partial charge on any atom is -0.459 e. The van der Waals surface area contributed by atoms with Crippen molar-refractivity contribution in [2.24, 2.45) is 0 Å². The SMILES string of the molecule is CC(c1cc2ccccc2o1)N(C)C(=O)CNC(=O)c1cccc([N+](=O)[O-])c1. The fraction of sp³-hybridized carbons (Fsp3) is 0.200. The van der Waals surface area contributed by atoms with Crippen molar-refractivity contribution in [2.45, 2.75) is 13.0 Å². The van der Waals surface area contributed by atoms with Gasteiger partial charge in [0.1, 0.15) is 11.3 Å². The monoisotopic (exact) mass is 381 g/mol. The molecule has 0 spiro atoms. The number of para-hydroxylation sites is 1. The highest BCUT2D eigenvalue weighted by Crippen LogP contribution is 2.26. The molecule has 1 heterocycles. The Hall–Kier alpha value is -3.68. The number of non-ortho nitro benzene ring substituents is 1. The van der Waals surface area contributed by atoms with Gasteiger partial charge in [-0.2, -0.15) is 0 Å². The molecule has 1 unspecified atom stereocenters. The number of nitrogens with one attached hydrogen (secondary N) is 1. The van der Waals surface area contributed by atoms with E-state index in [0.717, 1.165) is 11.0 Å². The standard InChI is InChI=1S/C20H19N3O5/c1-13(18-11-14-6-3-4-9-17(14)28-18)22(2)19(24)12-21-20(25)15-7-5-8-16(10-15)23(26)27/h3-11,13H,12H2,1-2H3,(H,21,25). The highest BCUT2D eigenvalue weighted by Gasteiger charge is 2.21. The zero-order valence-corrected chi connectivity index (χ0v) is 15.4. The number of fused-ring (bicyclic) bond motifs is 1. The Bertz CT molecular complexity index is 1010. The number of furan rings is 1. The third kappa shape index (κ3) is 4.01. The van der Waals surface area contributed by atoms with E-state index in [1.165, 1.54) is 29.2 Å². The largest absolute Gasteiger partial charge is 0.459 e. The molecule has 2 aromatic carbocycles. The van der Waals surface area contributed by atoms with Gasteiger partial charge in [0.2, 0.25) is 5.91 Å². The third-order valence-corrected chi connectivity index (χ3v) is 4.55. The van der Waals surface area contributed by atoms with Gasteiger partial charge in [-0.15, -0.1) is 0 Å². The smallest absolute Gasteiger partial charge is 0.270 e. The van der Waals surface area contributed by atoms with E-state index in [4.69, 9.17) is 4.42 Å². The van der Waals surface area contributed by atoms with Crippen molar-refractivity contribution in [3.63, 3.8) is 0 Å². The zero-order valence-electron chi connectivity index (χ0n) is 15.4. The van der Waals surface area contributed by atoms with Crippen LogP contribution >= 0.6 is 0 Å². The lowest BCUT2D eigenvalue weighted by Gasteiger charge is -2.23. The molecule has 0 fully saturated rings. The van der Waals surface area contributed by atoms with E-state index in [1.807, 2.05) is 37.3 Å². The molecule has 1 atom stereocenters. The van der Waals surface area contributed by atoms with Crippen molar-refractivity contribution in [2.75, 3.05) is 13.6 Å². The van der Waals surface area contributed by atoms with Crippen molar-refractivity contribution >= 4 is 28.5 Å². The fourth-order valence-electron chi connectivity index (χ4n) is 2.76. The maximum atomic E-state index is 12.4. The van der Waals surface area contributed by atoms with Crippen LogP contribution < -0.4 is 5.32 Å². The summed E-state index contributed by atoms with van der Waals surface area (Å²) in [5.41, 5.74) is 0.675. The highest BCUT2D eigenvalue weighted by atomic mass is 16.6. The first-order valence-corrected chi connectivity index (χ1v) is 8.63. The Kier molecular flexibility index (Phi) is 5.39. The third-order valence-electron chi connectivity index (χ3n) is 4.55. The molecular weight excluding hydrogens is 362 g/mol. The molecule has 3 rings (SSSR count). The number of nitro benzene ring substituents is 1. The lowest BCUT2D eigenvalue weighted by atomic mass is 10.2. The molecule has 0 saturated carbocycles. The number of nitrogens with zero attached hydrogens (tertiary/aromatic N) is 2. The summed E-state index contributed by atoms with van der Waals surface area (Å²) >= 11 is 0. The van der Waals surface area contributed by atoms with Crippen LogP contribution in [0.2, 0.25) is 0 Å². The number of carbonyl (C=O) groups excluding carboxylic acids is 2. The fourth-order valence-corrected chi connectivity index (χ4v) is 2.76. The molecule has 1 N–H and O–H groups in total. The maximum Gasteiger partial charge on any atom is 0.270 e. The second-order valence-corrected chi connectivity index (χ2v) is 6.36. The van der Waals surface area contributed by atoms with Crippen molar-refractivity contribution in [3.8, 4) is 0 Å². The lowest BCUT2D eigenvalue weighted by molar-refractivity contribution is -0.384. The summed E-state index contributed by atoms with van der Waals surface area (Å²) in [6, 6.07) is 14.5. The zero-order chi connectivity index (χ0) is 20.3. The Morgan fingerprint density at radius 1 is 1.18 bits per heavy atom. The Labute approximate surface area is 160 Å². The second-order valence-electron chi connectivity index (χ2n) is 6.36. The average molecular weight is 381 g/mol. The Balaban J connectivity index is 1.62. The van der Waals surface area contributed by atoms with Crippen LogP contribution in [0.4, 0.5) is 5.69 Å². The molecule has 0 aliphatic rings. The summed E-state index contributed by atoms with van der Waals surface area (Å²) in [5, 5.41) is 14.3. The quantitative estimate of drug-likeness (QED) is 0.521. The van der Waals surface area contributed by atoms with Gasteiger partial charge in [0.15, 0.2) is 0 Å². The maximum absolute atomic E-state index is 12.4. The van der Waals surface area contributed by atoms with E-state index in [0.29, 0.717) is 5.76 Å². The first kappa shape index (κ1) is 19.1. The van der Waals surface area contributed by atoms with Crippen LogP contribution in [0.3, 0.4) is 0 Å². The topological polar surface area (TPSA) is 106 Å². The molecule has 0 radical (unpaired) electrons. The highest BCUT2D eigenvalue weighted by molar-refractivity contribution is 5.97. The van der Waals surface area contributed by atoms with E-state index in [1.54, 1.807) is 7.05 Å². The predicted molar refractivity (Wildman–Crippen MR) is 103 cm³/mol. The van der Waals surface area contributed by atoms with Gasteiger partial charge in [0, 0.05) is 30.1 Å². The summed E-state index contributed by atoms with van der Waals surface area (Å²) in [7, 11) is 1.62. The van der Waals surface area contributed by atoms with Crippen molar-refractivity contribution < 1.29 is 18.9 Å². The molecule has 8 nitrogen and oxygen atoms in total. The Morgan fingerprint density at radius 2 is 1.93 bits per heavy atom. The van der Waals surface area contributed by atoms with E-state index >= 15 is 0 Å².